The van der Waals surface area contributed by atoms with Crippen molar-refractivity contribution >= 4 is 34.8 Å². The largest absolute Gasteiger partial charge is 0.323 e. The predicted octanol–water partition coefficient (Wildman–Crippen LogP) is 3.81. The minimum absolute atomic E-state index is 0.0860. The number of fused-ring (bicyclic) bond motifs is 1. The minimum atomic E-state index is -0.548. The molecule has 2 aromatic rings. The van der Waals surface area contributed by atoms with Crippen molar-refractivity contribution < 1.29 is 18.8 Å². The summed E-state index contributed by atoms with van der Waals surface area (Å²) in [5.41, 5.74) is 3.62. The summed E-state index contributed by atoms with van der Waals surface area (Å²) in [7, 11) is 0. The Morgan fingerprint density at radius 1 is 1.09 bits per heavy atom. The summed E-state index contributed by atoms with van der Waals surface area (Å²) in [6.07, 6.45) is 3.92. The summed E-state index contributed by atoms with van der Waals surface area (Å²) in [4.78, 5) is 41.5. The molecule has 5 rings (SSSR count). The van der Waals surface area contributed by atoms with Gasteiger partial charge in [-0.05, 0) is 67.6 Å². The molecule has 32 heavy (non-hydrogen) atoms. The lowest BCUT2D eigenvalue weighted by molar-refractivity contribution is -0.124. The Morgan fingerprint density at radius 3 is 2.62 bits per heavy atom. The maximum absolute atomic E-state index is 14.1. The number of nitrogens with one attached hydrogen (secondary N) is 1. The minimum Gasteiger partial charge on any atom is -0.323 e. The first-order valence-electron chi connectivity index (χ1n) is 11.2. The maximum atomic E-state index is 14.1. The van der Waals surface area contributed by atoms with Crippen LogP contribution in [-0.4, -0.2) is 30.8 Å². The molecule has 3 aliphatic rings. The molecule has 1 atom stereocenters. The Kier molecular flexibility index (Phi) is 5.19. The van der Waals surface area contributed by atoms with E-state index < -0.39 is 11.7 Å². The highest BCUT2D eigenvalue weighted by Crippen LogP contribution is 2.37. The van der Waals surface area contributed by atoms with Gasteiger partial charge in [-0.3, -0.25) is 14.4 Å². The van der Waals surface area contributed by atoms with Crippen molar-refractivity contribution in [2.24, 2.45) is 11.8 Å². The van der Waals surface area contributed by atoms with Gasteiger partial charge in [0.05, 0.1) is 11.6 Å². The monoisotopic (exact) mass is 435 g/mol. The fourth-order valence-corrected chi connectivity index (χ4v) is 4.75. The fraction of sp³-hybridized carbons (Fsp3) is 0.400. The van der Waals surface area contributed by atoms with Crippen LogP contribution in [-0.2, 0) is 20.8 Å². The molecule has 7 heteroatoms. The lowest BCUT2D eigenvalue weighted by atomic mass is 9.84. The van der Waals surface area contributed by atoms with E-state index in [2.05, 4.69) is 5.32 Å². The Hall–Kier alpha value is -3.22. The summed E-state index contributed by atoms with van der Waals surface area (Å²) in [5, 5.41) is 2.62. The maximum Gasteiger partial charge on any atom is 0.230 e. The zero-order valence-corrected chi connectivity index (χ0v) is 18.1. The topological polar surface area (TPSA) is 69.7 Å². The van der Waals surface area contributed by atoms with E-state index in [0.717, 1.165) is 48.2 Å². The number of amides is 3. The highest BCUT2D eigenvalue weighted by Gasteiger charge is 2.37. The van der Waals surface area contributed by atoms with Crippen LogP contribution in [0.3, 0.4) is 0 Å². The molecule has 2 heterocycles. The molecule has 1 saturated carbocycles. The predicted molar refractivity (Wildman–Crippen MR) is 120 cm³/mol. The average Bonchev–Trinajstić information content (AvgIpc) is 3.31. The van der Waals surface area contributed by atoms with E-state index in [0.29, 0.717) is 6.54 Å². The summed E-state index contributed by atoms with van der Waals surface area (Å²) >= 11 is 0. The van der Waals surface area contributed by atoms with Gasteiger partial charge in [0.15, 0.2) is 0 Å². The number of rotatable bonds is 4. The van der Waals surface area contributed by atoms with Gasteiger partial charge in [0.25, 0.3) is 0 Å². The Labute approximate surface area is 186 Å². The van der Waals surface area contributed by atoms with Gasteiger partial charge in [0.1, 0.15) is 5.82 Å². The SMILES string of the molecule is Cc1ccc(NC(=O)[C@@H]2CC(=O)N(c3ccc4c(c3)CCN4C(=O)C3CCC3)C2)c(F)c1. The Balaban J connectivity index is 1.28. The molecule has 3 amide bonds. The molecule has 0 aromatic heterocycles. The molecule has 0 unspecified atom stereocenters. The lowest BCUT2D eigenvalue weighted by Crippen LogP contribution is -2.37. The Bertz CT molecular complexity index is 1110. The van der Waals surface area contributed by atoms with Crippen molar-refractivity contribution in [2.45, 2.75) is 39.0 Å². The molecule has 0 bridgehead atoms. The fourth-order valence-electron chi connectivity index (χ4n) is 4.75. The number of aryl methyl sites for hydroxylation is 1. The van der Waals surface area contributed by atoms with Crippen LogP contribution in [0.25, 0.3) is 0 Å². The standard InChI is InChI=1S/C25H26FN3O3/c1-15-5-7-21(20(26)11-15)27-24(31)18-13-23(30)29(14-18)19-6-8-22-17(12-19)9-10-28(22)25(32)16-3-2-4-16/h5-8,11-12,16,18H,2-4,9-10,13-14H2,1H3,(H,27,31)/t18-/m1/s1. The number of benzene rings is 2. The van der Waals surface area contributed by atoms with E-state index in [1.165, 1.54) is 12.1 Å². The van der Waals surface area contributed by atoms with Crippen molar-refractivity contribution in [3.63, 3.8) is 0 Å². The third-order valence-electron chi connectivity index (χ3n) is 6.87. The molecule has 2 aromatic carbocycles. The molecule has 6 nitrogen and oxygen atoms in total. The molecule has 1 aliphatic carbocycles. The van der Waals surface area contributed by atoms with Crippen LogP contribution in [0.1, 0.15) is 36.8 Å². The number of nitrogens with zero attached hydrogens (tertiary/aromatic N) is 2. The van der Waals surface area contributed by atoms with Crippen molar-refractivity contribution in [1.82, 2.24) is 0 Å². The van der Waals surface area contributed by atoms with Crippen LogP contribution in [0.5, 0.6) is 0 Å². The van der Waals surface area contributed by atoms with E-state index in [9.17, 15) is 18.8 Å². The van der Waals surface area contributed by atoms with Crippen LogP contribution < -0.4 is 15.1 Å². The van der Waals surface area contributed by atoms with Gasteiger partial charge in [-0.15, -0.1) is 0 Å². The summed E-state index contributed by atoms with van der Waals surface area (Å²) in [5.74, 6) is -1.16. The summed E-state index contributed by atoms with van der Waals surface area (Å²) in [6, 6.07) is 10.4. The molecule has 166 valence electrons. The van der Waals surface area contributed by atoms with Gasteiger partial charge in [-0.2, -0.15) is 0 Å². The second-order valence-corrected chi connectivity index (χ2v) is 9.06. The van der Waals surface area contributed by atoms with Gasteiger partial charge >= 0.3 is 0 Å². The van der Waals surface area contributed by atoms with Crippen LogP contribution in [0, 0.1) is 24.6 Å². The summed E-state index contributed by atoms with van der Waals surface area (Å²) < 4.78 is 14.1. The van der Waals surface area contributed by atoms with Crippen LogP contribution in [0.4, 0.5) is 21.5 Å². The van der Waals surface area contributed by atoms with Crippen molar-refractivity contribution in [3.05, 3.63) is 53.3 Å². The number of carbonyl (C=O) groups is 3. The first kappa shape index (κ1) is 20.7. The number of hydrogen-bond acceptors (Lipinski definition) is 3. The van der Waals surface area contributed by atoms with Crippen molar-refractivity contribution in [2.75, 3.05) is 28.2 Å². The smallest absolute Gasteiger partial charge is 0.230 e. The van der Waals surface area contributed by atoms with Crippen molar-refractivity contribution in [3.8, 4) is 0 Å². The molecular formula is C25H26FN3O3. The van der Waals surface area contributed by atoms with E-state index in [1.807, 2.05) is 23.1 Å². The highest BCUT2D eigenvalue weighted by atomic mass is 19.1. The number of hydrogen-bond donors (Lipinski definition) is 1. The third kappa shape index (κ3) is 3.66. The molecule has 2 aliphatic heterocycles. The molecule has 1 saturated heterocycles. The van der Waals surface area contributed by atoms with E-state index in [4.69, 9.17) is 0 Å². The van der Waals surface area contributed by atoms with Crippen LogP contribution in [0.15, 0.2) is 36.4 Å². The number of carbonyl (C=O) groups excluding carboxylic acids is 3. The van der Waals surface area contributed by atoms with E-state index in [-0.39, 0.29) is 42.3 Å². The number of halogens is 1. The third-order valence-corrected chi connectivity index (χ3v) is 6.87. The van der Waals surface area contributed by atoms with Crippen LogP contribution >= 0.6 is 0 Å². The van der Waals surface area contributed by atoms with Gasteiger partial charge in [0.2, 0.25) is 17.7 Å². The van der Waals surface area contributed by atoms with Gasteiger partial charge < -0.3 is 15.1 Å². The summed E-state index contributed by atoms with van der Waals surface area (Å²) in [6.45, 7) is 2.71. The quantitative estimate of drug-likeness (QED) is 0.794. The van der Waals surface area contributed by atoms with E-state index in [1.54, 1.807) is 17.9 Å². The Morgan fingerprint density at radius 2 is 1.91 bits per heavy atom. The first-order chi connectivity index (χ1) is 15.4. The normalized spacial score (nSPS) is 20.3. The molecule has 2 fully saturated rings. The first-order valence-corrected chi connectivity index (χ1v) is 11.2. The van der Waals surface area contributed by atoms with Gasteiger partial charge in [-0.25, -0.2) is 4.39 Å². The van der Waals surface area contributed by atoms with Crippen molar-refractivity contribution in [1.29, 1.82) is 0 Å². The average molecular weight is 435 g/mol. The van der Waals surface area contributed by atoms with Gasteiger partial charge in [-0.1, -0.05) is 12.5 Å². The number of anilines is 3. The molecule has 0 spiro atoms. The second kappa shape index (κ2) is 8.04. The molecular weight excluding hydrogens is 409 g/mol. The zero-order chi connectivity index (χ0) is 22.4. The molecule has 1 N–H and O–H groups in total. The second-order valence-electron chi connectivity index (χ2n) is 9.06. The van der Waals surface area contributed by atoms with E-state index >= 15 is 0 Å². The zero-order valence-electron chi connectivity index (χ0n) is 18.1. The van der Waals surface area contributed by atoms with Crippen LogP contribution in [0.2, 0.25) is 0 Å². The van der Waals surface area contributed by atoms with Gasteiger partial charge in [0, 0.05) is 36.8 Å². The lowest BCUT2D eigenvalue weighted by Gasteiger charge is -2.29. The molecule has 0 radical (unpaired) electrons. The highest BCUT2D eigenvalue weighted by molar-refractivity contribution is 6.04.